The van der Waals surface area contributed by atoms with Crippen molar-refractivity contribution in [3.8, 4) is 5.75 Å². The van der Waals surface area contributed by atoms with Gasteiger partial charge in [0.2, 0.25) is 0 Å². The van der Waals surface area contributed by atoms with Gasteiger partial charge in [-0.3, -0.25) is 4.90 Å². The van der Waals surface area contributed by atoms with E-state index in [0.717, 1.165) is 38.3 Å². The van der Waals surface area contributed by atoms with E-state index in [2.05, 4.69) is 49.1 Å². The van der Waals surface area contributed by atoms with Gasteiger partial charge in [0, 0.05) is 6.04 Å². The Balaban J connectivity index is 1.93. The van der Waals surface area contributed by atoms with Gasteiger partial charge in [0.25, 0.3) is 0 Å². The molecule has 118 valence electrons. The Bertz CT molecular complexity index is 464. The SMILES string of the molecule is CCN(CC)C(CCc1ccccc1)COc1ccccc1. The second-order valence-electron chi connectivity index (χ2n) is 5.52. The van der Waals surface area contributed by atoms with Crippen LogP contribution in [0.3, 0.4) is 0 Å². The minimum absolute atomic E-state index is 0.454. The number of hydrogen-bond donors (Lipinski definition) is 0. The summed E-state index contributed by atoms with van der Waals surface area (Å²) in [6, 6.07) is 21.3. The van der Waals surface area contributed by atoms with Crippen molar-refractivity contribution in [3.05, 3.63) is 66.2 Å². The number of aryl methyl sites for hydroxylation is 1. The van der Waals surface area contributed by atoms with Gasteiger partial charge in [0.1, 0.15) is 12.4 Å². The van der Waals surface area contributed by atoms with Crippen LogP contribution in [-0.2, 0) is 6.42 Å². The summed E-state index contributed by atoms with van der Waals surface area (Å²) >= 11 is 0. The van der Waals surface area contributed by atoms with Gasteiger partial charge in [-0.15, -0.1) is 0 Å². The quantitative estimate of drug-likeness (QED) is 0.680. The highest BCUT2D eigenvalue weighted by Gasteiger charge is 2.16. The van der Waals surface area contributed by atoms with Gasteiger partial charge < -0.3 is 4.74 Å². The highest BCUT2D eigenvalue weighted by Crippen LogP contribution is 2.14. The summed E-state index contributed by atoms with van der Waals surface area (Å²) in [6.07, 6.45) is 2.22. The average molecular weight is 297 g/mol. The Morgan fingerprint density at radius 2 is 1.45 bits per heavy atom. The van der Waals surface area contributed by atoms with E-state index in [4.69, 9.17) is 4.74 Å². The van der Waals surface area contributed by atoms with Gasteiger partial charge in [-0.1, -0.05) is 62.4 Å². The van der Waals surface area contributed by atoms with Crippen LogP contribution in [-0.4, -0.2) is 30.6 Å². The molecule has 1 atom stereocenters. The molecule has 0 radical (unpaired) electrons. The smallest absolute Gasteiger partial charge is 0.119 e. The van der Waals surface area contributed by atoms with E-state index in [1.54, 1.807) is 0 Å². The molecule has 1 unspecified atom stereocenters. The number of benzene rings is 2. The van der Waals surface area contributed by atoms with E-state index in [9.17, 15) is 0 Å². The van der Waals surface area contributed by atoms with Gasteiger partial charge in [-0.05, 0) is 43.6 Å². The lowest BCUT2D eigenvalue weighted by Gasteiger charge is -2.29. The van der Waals surface area contributed by atoms with Crippen LogP contribution in [0.4, 0.5) is 0 Å². The van der Waals surface area contributed by atoms with Gasteiger partial charge >= 0.3 is 0 Å². The summed E-state index contributed by atoms with van der Waals surface area (Å²) in [5, 5.41) is 0. The van der Waals surface area contributed by atoms with Gasteiger partial charge in [-0.25, -0.2) is 0 Å². The molecule has 2 aromatic rings. The molecule has 0 aliphatic heterocycles. The minimum Gasteiger partial charge on any atom is -0.492 e. The molecule has 2 rings (SSSR count). The van der Waals surface area contributed by atoms with Crippen molar-refractivity contribution in [1.82, 2.24) is 4.90 Å². The summed E-state index contributed by atoms with van der Waals surface area (Å²) in [5.74, 6) is 0.958. The molecular formula is C20H27NO. The zero-order valence-electron chi connectivity index (χ0n) is 13.7. The highest BCUT2D eigenvalue weighted by atomic mass is 16.5. The monoisotopic (exact) mass is 297 g/mol. The molecule has 0 N–H and O–H groups in total. The molecule has 0 aliphatic rings. The summed E-state index contributed by atoms with van der Waals surface area (Å²) in [5.41, 5.74) is 1.40. The van der Waals surface area contributed by atoms with E-state index < -0.39 is 0 Å². The predicted molar refractivity (Wildman–Crippen MR) is 93.4 cm³/mol. The van der Waals surface area contributed by atoms with Crippen LogP contribution in [0.2, 0.25) is 0 Å². The Morgan fingerprint density at radius 3 is 2.05 bits per heavy atom. The van der Waals surface area contributed by atoms with Gasteiger partial charge in [-0.2, -0.15) is 0 Å². The second-order valence-corrected chi connectivity index (χ2v) is 5.52. The zero-order chi connectivity index (χ0) is 15.6. The Hall–Kier alpha value is -1.80. The first kappa shape index (κ1) is 16.6. The largest absolute Gasteiger partial charge is 0.492 e. The average Bonchev–Trinajstić information content (AvgIpc) is 2.59. The molecule has 0 aliphatic carbocycles. The lowest BCUT2D eigenvalue weighted by atomic mass is 10.0. The fourth-order valence-electron chi connectivity index (χ4n) is 2.80. The summed E-state index contributed by atoms with van der Waals surface area (Å²) in [7, 11) is 0. The van der Waals surface area contributed by atoms with E-state index in [-0.39, 0.29) is 0 Å². The van der Waals surface area contributed by atoms with Gasteiger partial charge in [0.05, 0.1) is 0 Å². The first-order chi connectivity index (χ1) is 10.8. The molecule has 0 saturated heterocycles. The molecule has 2 aromatic carbocycles. The molecule has 22 heavy (non-hydrogen) atoms. The van der Waals surface area contributed by atoms with Crippen molar-refractivity contribution in [1.29, 1.82) is 0 Å². The molecule has 0 saturated carbocycles. The summed E-state index contributed by atoms with van der Waals surface area (Å²) in [4.78, 5) is 2.49. The van der Waals surface area contributed by atoms with Crippen molar-refractivity contribution in [3.63, 3.8) is 0 Å². The molecule has 0 fully saturated rings. The second kappa shape index (κ2) is 9.26. The molecule has 0 heterocycles. The molecule has 0 amide bonds. The molecule has 0 aromatic heterocycles. The maximum Gasteiger partial charge on any atom is 0.119 e. The standard InChI is InChI=1S/C20H27NO/c1-3-21(4-2)19(16-15-18-11-7-5-8-12-18)17-22-20-13-9-6-10-14-20/h5-14,19H,3-4,15-17H2,1-2H3. The third kappa shape index (κ3) is 5.19. The van der Waals surface area contributed by atoms with Gasteiger partial charge in [0.15, 0.2) is 0 Å². The van der Waals surface area contributed by atoms with Crippen molar-refractivity contribution in [2.75, 3.05) is 19.7 Å². The third-order valence-electron chi connectivity index (χ3n) is 4.12. The number of hydrogen-bond acceptors (Lipinski definition) is 2. The van der Waals surface area contributed by atoms with Crippen molar-refractivity contribution >= 4 is 0 Å². The molecular weight excluding hydrogens is 270 g/mol. The normalized spacial score (nSPS) is 12.3. The lowest BCUT2D eigenvalue weighted by Crippen LogP contribution is -2.39. The minimum atomic E-state index is 0.454. The topological polar surface area (TPSA) is 12.5 Å². The fourth-order valence-corrected chi connectivity index (χ4v) is 2.80. The maximum absolute atomic E-state index is 6.00. The van der Waals surface area contributed by atoms with Crippen LogP contribution in [0.1, 0.15) is 25.8 Å². The zero-order valence-corrected chi connectivity index (χ0v) is 13.7. The van der Waals surface area contributed by atoms with Crippen molar-refractivity contribution < 1.29 is 4.74 Å². The van der Waals surface area contributed by atoms with E-state index in [1.165, 1.54) is 5.56 Å². The number of nitrogens with zero attached hydrogens (tertiary/aromatic N) is 1. The van der Waals surface area contributed by atoms with Crippen LogP contribution < -0.4 is 4.74 Å². The first-order valence-electron chi connectivity index (χ1n) is 8.29. The van der Waals surface area contributed by atoms with Crippen LogP contribution in [0.25, 0.3) is 0 Å². The molecule has 2 heteroatoms. The number of ether oxygens (including phenoxy) is 1. The highest BCUT2D eigenvalue weighted by molar-refractivity contribution is 5.21. The van der Waals surface area contributed by atoms with Crippen molar-refractivity contribution in [2.24, 2.45) is 0 Å². The Labute approximate surface area is 134 Å². The van der Waals surface area contributed by atoms with Crippen molar-refractivity contribution in [2.45, 2.75) is 32.7 Å². The van der Waals surface area contributed by atoms with Crippen LogP contribution in [0.15, 0.2) is 60.7 Å². The lowest BCUT2D eigenvalue weighted by molar-refractivity contribution is 0.138. The number of likely N-dealkylation sites (N-methyl/N-ethyl adjacent to an activating group) is 1. The summed E-state index contributed by atoms with van der Waals surface area (Å²) < 4.78 is 6.00. The Morgan fingerprint density at radius 1 is 0.864 bits per heavy atom. The summed E-state index contributed by atoms with van der Waals surface area (Å²) in [6.45, 7) is 7.32. The maximum atomic E-state index is 6.00. The number of rotatable bonds is 9. The van der Waals surface area contributed by atoms with E-state index >= 15 is 0 Å². The Kier molecular flexibility index (Phi) is 6.98. The van der Waals surface area contributed by atoms with Crippen LogP contribution >= 0.6 is 0 Å². The third-order valence-corrected chi connectivity index (χ3v) is 4.12. The van der Waals surface area contributed by atoms with Crippen LogP contribution in [0.5, 0.6) is 5.75 Å². The predicted octanol–water partition coefficient (Wildman–Crippen LogP) is 4.41. The van der Waals surface area contributed by atoms with E-state index in [1.807, 2.05) is 30.3 Å². The first-order valence-corrected chi connectivity index (χ1v) is 8.29. The van der Waals surface area contributed by atoms with E-state index in [0.29, 0.717) is 6.04 Å². The van der Waals surface area contributed by atoms with Crippen LogP contribution in [0, 0.1) is 0 Å². The molecule has 0 spiro atoms. The fraction of sp³-hybridized carbons (Fsp3) is 0.400. The molecule has 0 bridgehead atoms. The molecule has 2 nitrogen and oxygen atoms in total. The number of para-hydroxylation sites is 1.